The van der Waals surface area contributed by atoms with Gasteiger partial charge in [-0.05, 0) is 6.07 Å². The summed E-state index contributed by atoms with van der Waals surface area (Å²) in [6, 6.07) is 0.235. The first kappa shape index (κ1) is 14.4. The average molecular weight is 236 g/mol. The van der Waals surface area contributed by atoms with Crippen LogP contribution in [0.25, 0.3) is 0 Å². The second-order valence-corrected chi connectivity index (χ2v) is 2.40. The molecule has 1 rings (SSSR count). The third-order valence-corrected chi connectivity index (χ3v) is 1.41. The van der Waals surface area contributed by atoms with Gasteiger partial charge in [0.05, 0.1) is 0 Å². The topological polar surface area (TPSA) is 20.2 Å². The molecule has 0 spiro atoms. The van der Waals surface area contributed by atoms with Crippen molar-refractivity contribution >= 4 is 12.4 Å². The maximum atomic E-state index is 12.4. The number of hydrogen-bond acceptors (Lipinski definition) is 1. The fourth-order valence-electron chi connectivity index (χ4n) is 0.835. The van der Waals surface area contributed by atoms with Crippen molar-refractivity contribution in [2.45, 2.75) is 0 Å². The van der Waals surface area contributed by atoms with Crippen LogP contribution in [-0.4, -0.2) is 12.1 Å². The van der Waals surface area contributed by atoms with Crippen LogP contribution in [0.1, 0.15) is 0 Å². The Kier molecular flexibility index (Phi) is 5.06. The minimum atomic E-state index is -5.60. The first-order valence-corrected chi connectivity index (χ1v) is 3.20. The number of rotatable bonds is 1. The molecule has 0 heterocycles. The molecule has 1 aromatic carbocycles. The number of phenols is 1. The van der Waals surface area contributed by atoms with Gasteiger partial charge in [-0.2, -0.15) is 0 Å². The zero-order valence-corrected chi connectivity index (χ0v) is 10.2. The van der Waals surface area contributed by atoms with Crippen molar-refractivity contribution in [3.63, 3.8) is 0 Å². The van der Waals surface area contributed by atoms with Gasteiger partial charge in [0, 0.05) is 6.07 Å². The van der Waals surface area contributed by atoms with Crippen molar-refractivity contribution in [1.29, 1.82) is 0 Å². The number of hydrogen-bond donors (Lipinski definition) is 1. The summed E-state index contributed by atoms with van der Waals surface area (Å²) in [5.41, 5.74) is -1.66. The summed E-state index contributed by atoms with van der Waals surface area (Å²) in [4.78, 5) is 0. The maximum Gasteiger partial charge on any atom is 1.00 e. The third-order valence-electron chi connectivity index (χ3n) is 1.41. The maximum absolute atomic E-state index is 12.4. The van der Waals surface area contributed by atoms with Crippen LogP contribution in [0.2, 0.25) is 0 Å². The summed E-state index contributed by atoms with van der Waals surface area (Å²) >= 11 is 0. The van der Waals surface area contributed by atoms with Crippen LogP contribution in [0.3, 0.4) is 0 Å². The minimum Gasteiger partial charge on any atom is -0.508 e. The normalized spacial score (nSPS) is 10.9. The molecule has 0 amide bonds. The van der Waals surface area contributed by atoms with Gasteiger partial charge in [-0.15, -0.1) is 0 Å². The van der Waals surface area contributed by atoms with E-state index in [1.54, 1.807) is 0 Å². The molecule has 0 bridgehead atoms. The fourth-order valence-corrected chi connectivity index (χ4v) is 0.835. The van der Waals surface area contributed by atoms with Crippen molar-refractivity contribution in [3.05, 3.63) is 23.8 Å². The van der Waals surface area contributed by atoms with E-state index in [0.717, 1.165) is 0 Å². The van der Waals surface area contributed by atoms with Crippen molar-refractivity contribution < 1.29 is 78.2 Å². The Labute approximate surface area is 119 Å². The van der Waals surface area contributed by atoms with Crippen molar-refractivity contribution in [3.8, 4) is 5.75 Å². The van der Waals surface area contributed by atoms with Crippen LogP contribution in [0, 0.1) is 11.6 Å². The Morgan fingerprint density at radius 2 is 1.57 bits per heavy atom. The number of aromatic hydroxyl groups is 1. The van der Waals surface area contributed by atoms with E-state index in [9.17, 15) is 21.7 Å². The predicted octanol–water partition coefficient (Wildman–Crippen LogP) is -1.27. The van der Waals surface area contributed by atoms with Crippen LogP contribution in [0.5, 0.6) is 5.75 Å². The Bertz CT molecular complexity index is 340. The zero-order valence-electron chi connectivity index (χ0n) is 7.07. The summed E-state index contributed by atoms with van der Waals surface area (Å²) in [5.74, 6) is -4.55. The number of phenolic OH excluding ortho intramolecular Hbond substituents is 1. The monoisotopic (exact) mass is 236 g/mol. The summed E-state index contributed by atoms with van der Waals surface area (Å²) in [7, 11) is 0. The molecule has 0 aliphatic rings. The van der Waals surface area contributed by atoms with Gasteiger partial charge < -0.3 is 18.1 Å². The smallest absolute Gasteiger partial charge is 0.508 e. The molecule has 0 saturated heterocycles. The third kappa shape index (κ3) is 3.20. The molecule has 72 valence electrons. The summed E-state index contributed by atoms with van der Waals surface area (Å²) < 4.78 is 60.6. The molecule has 14 heavy (non-hydrogen) atoms. The SMILES string of the molecule is Oc1c(F)cc(F)cc1[B-](F)(F)F.[K+]. The largest absolute Gasteiger partial charge is 1.00 e. The van der Waals surface area contributed by atoms with Crippen molar-refractivity contribution in [1.82, 2.24) is 0 Å². The summed E-state index contributed by atoms with van der Waals surface area (Å²) in [5, 5.41) is 8.61. The van der Waals surface area contributed by atoms with E-state index >= 15 is 0 Å². The Balaban J connectivity index is 0.00000169. The molecular weight excluding hydrogens is 233 g/mol. The Morgan fingerprint density at radius 1 is 1.07 bits per heavy atom. The Morgan fingerprint density at radius 3 is 2.00 bits per heavy atom. The fraction of sp³-hybridized carbons (Fsp3) is 0. The molecule has 0 aromatic heterocycles. The molecular formula is C6H3BF5KO. The van der Waals surface area contributed by atoms with Crippen LogP contribution < -0.4 is 56.8 Å². The first-order valence-electron chi connectivity index (χ1n) is 3.20. The van der Waals surface area contributed by atoms with Gasteiger partial charge in [0.25, 0.3) is 0 Å². The predicted molar refractivity (Wildman–Crippen MR) is 36.7 cm³/mol. The molecule has 0 aliphatic heterocycles. The van der Waals surface area contributed by atoms with Crippen molar-refractivity contribution in [2.24, 2.45) is 0 Å². The van der Waals surface area contributed by atoms with Crippen LogP contribution in [-0.2, 0) is 0 Å². The van der Waals surface area contributed by atoms with E-state index in [1.807, 2.05) is 0 Å². The quantitative estimate of drug-likeness (QED) is 0.476. The second kappa shape index (κ2) is 4.93. The van der Waals surface area contributed by atoms with Gasteiger partial charge >= 0.3 is 58.4 Å². The van der Waals surface area contributed by atoms with Gasteiger partial charge in [0.1, 0.15) is 11.6 Å². The molecule has 8 heteroatoms. The van der Waals surface area contributed by atoms with Crippen LogP contribution >= 0.6 is 0 Å². The standard InChI is InChI=1S/C6H3BF5O.K/c8-3-1-4(7(10,11)12)6(13)5(9)2-3;/h1-2,13H;/q-1;+1. The molecule has 0 saturated carbocycles. The van der Waals surface area contributed by atoms with Gasteiger partial charge in [-0.1, -0.05) is 5.46 Å². The molecule has 0 fully saturated rings. The molecule has 1 nitrogen and oxygen atoms in total. The number of benzene rings is 1. The molecule has 0 radical (unpaired) electrons. The summed E-state index contributed by atoms with van der Waals surface area (Å²) in [6.45, 7) is -5.60. The number of halogens is 5. The van der Waals surface area contributed by atoms with E-state index in [4.69, 9.17) is 5.11 Å². The van der Waals surface area contributed by atoms with Crippen molar-refractivity contribution in [2.75, 3.05) is 0 Å². The van der Waals surface area contributed by atoms with Gasteiger partial charge in [0.2, 0.25) is 0 Å². The van der Waals surface area contributed by atoms with Crippen LogP contribution in [0.15, 0.2) is 12.1 Å². The van der Waals surface area contributed by atoms with E-state index in [-0.39, 0.29) is 63.5 Å². The molecule has 0 atom stereocenters. The van der Waals surface area contributed by atoms with Gasteiger partial charge in [-0.3, -0.25) is 0 Å². The van der Waals surface area contributed by atoms with Gasteiger partial charge in [-0.25, -0.2) is 8.78 Å². The molecule has 0 unspecified atom stereocenters. The average Bonchev–Trinajstić information content (AvgIpc) is 1.94. The Hall–Kier alpha value is 0.371. The minimum absolute atomic E-state index is 0. The van der Waals surface area contributed by atoms with E-state index < -0.39 is 29.8 Å². The van der Waals surface area contributed by atoms with Gasteiger partial charge in [0.15, 0.2) is 5.82 Å². The van der Waals surface area contributed by atoms with E-state index in [0.29, 0.717) is 0 Å². The second-order valence-electron chi connectivity index (χ2n) is 2.40. The zero-order chi connectivity index (χ0) is 10.2. The van der Waals surface area contributed by atoms with E-state index in [2.05, 4.69) is 0 Å². The first-order chi connectivity index (χ1) is 5.82. The molecule has 1 N–H and O–H groups in total. The molecule has 1 aromatic rings. The summed E-state index contributed by atoms with van der Waals surface area (Å²) in [6.07, 6.45) is 0. The van der Waals surface area contributed by atoms with E-state index in [1.165, 1.54) is 0 Å². The van der Waals surface area contributed by atoms with Crippen LogP contribution in [0.4, 0.5) is 21.7 Å². The molecule has 0 aliphatic carbocycles.